The normalized spacial score (nSPS) is 11.7. The van der Waals surface area contributed by atoms with Gasteiger partial charge in [-0.1, -0.05) is 60.1 Å². The fraction of sp³-hybridized carbons (Fsp3) is 0.0909. The summed E-state index contributed by atoms with van der Waals surface area (Å²) in [5, 5.41) is 3.35. The number of carbonyl (C=O) groups is 2. The van der Waals surface area contributed by atoms with Gasteiger partial charge in [0.15, 0.2) is 5.78 Å². The number of halogens is 2. The van der Waals surface area contributed by atoms with Gasteiger partial charge in [-0.2, -0.15) is 0 Å². The van der Waals surface area contributed by atoms with Crippen molar-refractivity contribution in [3.8, 4) is 0 Å². The van der Waals surface area contributed by atoms with Crippen molar-refractivity contribution in [3.05, 3.63) is 98.1 Å². The number of ketones is 1. The number of hydrogen-bond donors (Lipinski definition) is 1. The summed E-state index contributed by atoms with van der Waals surface area (Å²) in [7, 11) is 0. The Bertz CT molecular complexity index is 989. The largest absolute Gasteiger partial charge is 0.324 e. The van der Waals surface area contributed by atoms with E-state index in [1.54, 1.807) is 42.5 Å². The van der Waals surface area contributed by atoms with Crippen LogP contribution in [0, 0.1) is 3.57 Å². The molecule has 1 N–H and O–H groups in total. The van der Waals surface area contributed by atoms with E-state index in [0.29, 0.717) is 21.8 Å². The molecule has 0 radical (unpaired) electrons. The van der Waals surface area contributed by atoms with Crippen molar-refractivity contribution in [1.29, 1.82) is 0 Å². The summed E-state index contributed by atoms with van der Waals surface area (Å²) in [4.78, 5) is 25.3. The molecule has 0 aromatic heterocycles. The molecular weight excluding hydrogens is 473 g/mol. The SMILES string of the molecule is C[C@H](C(=O)Nc1ccc(I)cc1Cl)c1cccc(C(=O)c2ccccc2)c1. The monoisotopic (exact) mass is 489 g/mol. The lowest BCUT2D eigenvalue weighted by Crippen LogP contribution is -2.19. The minimum absolute atomic E-state index is 0.0641. The summed E-state index contributed by atoms with van der Waals surface area (Å²) >= 11 is 8.36. The third-order valence-electron chi connectivity index (χ3n) is 4.27. The Balaban J connectivity index is 1.79. The van der Waals surface area contributed by atoms with E-state index in [1.807, 2.05) is 37.3 Å². The number of carbonyl (C=O) groups excluding carboxylic acids is 2. The highest BCUT2D eigenvalue weighted by molar-refractivity contribution is 14.1. The quantitative estimate of drug-likeness (QED) is 0.357. The van der Waals surface area contributed by atoms with Crippen molar-refractivity contribution in [2.75, 3.05) is 5.32 Å². The number of hydrogen-bond acceptors (Lipinski definition) is 2. The van der Waals surface area contributed by atoms with Crippen molar-refractivity contribution >= 4 is 51.6 Å². The molecular formula is C22H17ClINO2. The van der Waals surface area contributed by atoms with E-state index < -0.39 is 5.92 Å². The van der Waals surface area contributed by atoms with Gasteiger partial charge in [0, 0.05) is 14.7 Å². The Morgan fingerprint density at radius 3 is 2.33 bits per heavy atom. The van der Waals surface area contributed by atoms with Crippen LogP contribution in [0.5, 0.6) is 0 Å². The van der Waals surface area contributed by atoms with Gasteiger partial charge in [-0.25, -0.2) is 0 Å². The van der Waals surface area contributed by atoms with Crippen LogP contribution < -0.4 is 5.32 Å². The van der Waals surface area contributed by atoms with E-state index in [2.05, 4.69) is 27.9 Å². The predicted molar refractivity (Wildman–Crippen MR) is 118 cm³/mol. The van der Waals surface area contributed by atoms with Gasteiger partial charge in [0.25, 0.3) is 0 Å². The number of amides is 1. The second-order valence-electron chi connectivity index (χ2n) is 6.16. The fourth-order valence-corrected chi connectivity index (χ4v) is 3.59. The third-order valence-corrected chi connectivity index (χ3v) is 5.25. The molecule has 0 saturated heterocycles. The summed E-state index contributed by atoms with van der Waals surface area (Å²) < 4.78 is 0.996. The lowest BCUT2D eigenvalue weighted by molar-refractivity contribution is -0.117. The summed E-state index contributed by atoms with van der Waals surface area (Å²) in [6.07, 6.45) is 0. The molecule has 0 heterocycles. The van der Waals surface area contributed by atoms with Gasteiger partial charge in [-0.3, -0.25) is 9.59 Å². The maximum Gasteiger partial charge on any atom is 0.231 e. The van der Waals surface area contributed by atoms with Crippen molar-refractivity contribution in [2.24, 2.45) is 0 Å². The Morgan fingerprint density at radius 1 is 0.926 bits per heavy atom. The van der Waals surface area contributed by atoms with Gasteiger partial charge >= 0.3 is 0 Å². The third kappa shape index (κ3) is 4.76. The first-order valence-corrected chi connectivity index (χ1v) is 9.87. The first-order valence-electron chi connectivity index (χ1n) is 8.41. The highest BCUT2D eigenvalue weighted by atomic mass is 127. The smallest absolute Gasteiger partial charge is 0.231 e. The van der Waals surface area contributed by atoms with Crippen LogP contribution in [0.2, 0.25) is 5.02 Å². The minimum Gasteiger partial charge on any atom is -0.324 e. The fourth-order valence-electron chi connectivity index (χ4n) is 2.69. The van der Waals surface area contributed by atoms with Crippen LogP contribution >= 0.6 is 34.2 Å². The Morgan fingerprint density at radius 2 is 1.63 bits per heavy atom. The van der Waals surface area contributed by atoms with Gasteiger partial charge in [0.1, 0.15) is 0 Å². The van der Waals surface area contributed by atoms with Crippen LogP contribution in [0.1, 0.15) is 34.3 Å². The molecule has 1 amide bonds. The molecule has 1 atom stereocenters. The number of anilines is 1. The molecule has 3 aromatic carbocycles. The molecule has 136 valence electrons. The van der Waals surface area contributed by atoms with E-state index in [0.717, 1.165) is 9.13 Å². The average Bonchev–Trinajstić information content (AvgIpc) is 2.69. The summed E-state index contributed by atoms with van der Waals surface area (Å²) in [5.41, 5.74) is 2.53. The molecule has 0 bridgehead atoms. The molecule has 5 heteroatoms. The second kappa shape index (κ2) is 8.67. The average molecular weight is 490 g/mol. The molecule has 3 nitrogen and oxygen atoms in total. The van der Waals surface area contributed by atoms with Crippen molar-refractivity contribution in [1.82, 2.24) is 0 Å². The minimum atomic E-state index is -0.427. The van der Waals surface area contributed by atoms with E-state index in [9.17, 15) is 9.59 Å². The van der Waals surface area contributed by atoms with Crippen LogP contribution in [-0.2, 0) is 4.79 Å². The number of nitrogens with one attached hydrogen (secondary N) is 1. The molecule has 27 heavy (non-hydrogen) atoms. The zero-order valence-electron chi connectivity index (χ0n) is 14.6. The molecule has 0 fully saturated rings. The summed E-state index contributed by atoms with van der Waals surface area (Å²) in [6, 6.07) is 21.7. The summed E-state index contributed by atoms with van der Waals surface area (Å²) in [5.74, 6) is -0.669. The zero-order chi connectivity index (χ0) is 19.4. The molecule has 0 aliphatic heterocycles. The topological polar surface area (TPSA) is 46.2 Å². The van der Waals surface area contributed by atoms with Gasteiger partial charge in [-0.15, -0.1) is 0 Å². The van der Waals surface area contributed by atoms with Gasteiger partial charge in [-0.05, 0) is 59.3 Å². The van der Waals surface area contributed by atoms with Crippen LogP contribution in [0.15, 0.2) is 72.8 Å². The molecule has 0 spiro atoms. The first kappa shape index (κ1) is 19.6. The van der Waals surface area contributed by atoms with E-state index in [1.165, 1.54) is 0 Å². The molecule has 3 aromatic rings. The highest BCUT2D eigenvalue weighted by Crippen LogP contribution is 2.26. The van der Waals surface area contributed by atoms with Gasteiger partial charge in [0.05, 0.1) is 16.6 Å². The zero-order valence-corrected chi connectivity index (χ0v) is 17.5. The van der Waals surface area contributed by atoms with Crippen molar-refractivity contribution < 1.29 is 9.59 Å². The molecule has 0 aliphatic carbocycles. The Labute approximate surface area is 176 Å². The van der Waals surface area contributed by atoms with Crippen molar-refractivity contribution in [2.45, 2.75) is 12.8 Å². The summed E-state index contributed by atoms with van der Waals surface area (Å²) in [6.45, 7) is 1.81. The van der Waals surface area contributed by atoms with Gasteiger partial charge < -0.3 is 5.32 Å². The van der Waals surface area contributed by atoms with Crippen molar-refractivity contribution in [3.63, 3.8) is 0 Å². The maximum atomic E-state index is 12.6. The van der Waals surface area contributed by atoms with Crippen LogP contribution in [0.3, 0.4) is 0 Å². The van der Waals surface area contributed by atoms with E-state index in [4.69, 9.17) is 11.6 Å². The lowest BCUT2D eigenvalue weighted by Gasteiger charge is -2.14. The van der Waals surface area contributed by atoms with E-state index in [-0.39, 0.29) is 11.7 Å². The highest BCUT2D eigenvalue weighted by Gasteiger charge is 2.18. The first-order chi connectivity index (χ1) is 13.0. The number of rotatable bonds is 5. The van der Waals surface area contributed by atoms with Gasteiger partial charge in [0.2, 0.25) is 5.91 Å². The standard InChI is InChI=1S/C22H17ClINO2/c1-14(22(27)25-20-11-10-18(24)13-19(20)23)16-8-5-9-17(12-16)21(26)15-6-3-2-4-7-15/h2-14H,1H3,(H,25,27)/t14-/m0/s1. The molecule has 3 rings (SSSR count). The van der Waals surface area contributed by atoms with Crippen LogP contribution in [0.25, 0.3) is 0 Å². The molecule has 0 saturated carbocycles. The second-order valence-corrected chi connectivity index (χ2v) is 7.81. The Hall–Kier alpha value is -2.18. The lowest BCUT2D eigenvalue weighted by atomic mass is 9.95. The van der Waals surface area contributed by atoms with Crippen LogP contribution in [-0.4, -0.2) is 11.7 Å². The predicted octanol–water partition coefficient (Wildman–Crippen LogP) is 5.92. The van der Waals surface area contributed by atoms with E-state index >= 15 is 0 Å². The Kier molecular flexibility index (Phi) is 6.29. The molecule has 0 aliphatic rings. The van der Waals surface area contributed by atoms with Crippen LogP contribution in [0.4, 0.5) is 5.69 Å². The maximum absolute atomic E-state index is 12.6. The molecule has 0 unspecified atom stereocenters. The number of benzene rings is 3.